The van der Waals surface area contributed by atoms with Crippen molar-refractivity contribution in [2.24, 2.45) is 11.3 Å². The third-order valence-electron chi connectivity index (χ3n) is 5.89. The molecule has 1 spiro atoms. The fraction of sp³-hybridized carbons (Fsp3) is 0.611. The predicted octanol–water partition coefficient (Wildman–Crippen LogP) is 2.20. The maximum atomic E-state index is 13.1. The molecule has 1 aromatic rings. The first kappa shape index (κ1) is 17.6. The maximum absolute atomic E-state index is 13.1. The summed E-state index contributed by atoms with van der Waals surface area (Å²) in [5.41, 5.74) is 0.393. The number of ether oxygens (including phenoxy) is 2. The minimum atomic E-state index is -3.31. The molecule has 2 heterocycles. The maximum Gasteiger partial charge on any atom is 0.231 e. The van der Waals surface area contributed by atoms with E-state index in [0.717, 1.165) is 32.1 Å². The lowest BCUT2D eigenvalue weighted by Gasteiger charge is -2.37. The van der Waals surface area contributed by atoms with E-state index in [0.29, 0.717) is 23.7 Å². The summed E-state index contributed by atoms with van der Waals surface area (Å²) in [6.07, 6.45) is 6.27. The zero-order valence-corrected chi connectivity index (χ0v) is 15.7. The number of nitrogens with one attached hydrogen (secondary N) is 1. The topological polar surface area (TPSA) is 84.9 Å². The van der Waals surface area contributed by atoms with Crippen molar-refractivity contribution in [1.29, 1.82) is 0 Å². The Labute approximate surface area is 153 Å². The number of hydrogen-bond acceptors (Lipinski definition) is 5. The van der Waals surface area contributed by atoms with Crippen molar-refractivity contribution in [2.45, 2.75) is 32.1 Å². The van der Waals surface area contributed by atoms with Crippen LogP contribution in [0.3, 0.4) is 0 Å². The molecular weight excluding hydrogens is 356 g/mol. The number of anilines is 1. The second kappa shape index (κ2) is 6.42. The summed E-state index contributed by atoms with van der Waals surface area (Å²) >= 11 is 0. The number of sulfonamides is 1. The van der Waals surface area contributed by atoms with Gasteiger partial charge in [-0.15, -0.1) is 0 Å². The summed E-state index contributed by atoms with van der Waals surface area (Å²) < 4.78 is 36.3. The molecule has 1 unspecified atom stereocenters. The molecule has 2 aliphatic heterocycles. The minimum Gasteiger partial charge on any atom is -0.454 e. The van der Waals surface area contributed by atoms with E-state index in [-0.39, 0.29) is 30.6 Å². The van der Waals surface area contributed by atoms with Crippen LogP contribution in [0.15, 0.2) is 18.2 Å². The Morgan fingerprint density at radius 2 is 1.92 bits per heavy atom. The summed E-state index contributed by atoms with van der Waals surface area (Å²) in [6, 6.07) is 5.30. The van der Waals surface area contributed by atoms with Gasteiger partial charge < -0.3 is 14.8 Å². The van der Waals surface area contributed by atoms with E-state index in [1.54, 1.807) is 18.2 Å². The third kappa shape index (κ3) is 3.16. The van der Waals surface area contributed by atoms with Gasteiger partial charge >= 0.3 is 0 Å². The summed E-state index contributed by atoms with van der Waals surface area (Å²) in [4.78, 5) is 13.1. The molecular formula is C18H24N2O5S. The average Bonchev–Trinajstić information content (AvgIpc) is 3.19. The Kier molecular flexibility index (Phi) is 4.35. The van der Waals surface area contributed by atoms with Gasteiger partial charge in [0.05, 0.1) is 12.2 Å². The van der Waals surface area contributed by atoms with Gasteiger partial charge in [0, 0.05) is 24.8 Å². The highest BCUT2D eigenvalue weighted by atomic mass is 32.2. The first-order valence-corrected chi connectivity index (χ1v) is 10.9. The van der Waals surface area contributed by atoms with Crippen molar-refractivity contribution in [3.63, 3.8) is 0 Å². The second-order valence-electron chi connectivity index (χ2n) is 7.59. The van der Waals surface area contributed by atoms with E-state index >= 15 is 0 Å². The Balaban J connectivity index is 1.56. The quantitative estimate of drug-likeness (QED) is 0.869. The first-order valence-electron chi connectivity index (χ1n) is 9.03. The highest BCUT2D eigenvalue weighted by Crippen LogP contribution is 2.48. The lowest BCUT2D eigenvalue weighted by molar-refractivity contribution is -0.123. The monoisotopic (exact) mass is 380 g/mol. The van der Waals surface area contributed by atoms with Gasteiger partial charge in [0.25, 0.3) is 0 Å². The molecule has 26 heavy (non-hydrogen) atoms. The van der Waals surface area contributed by atoms with Gasteiger partial charge in [-0.2, -0.15) is 0 Å². The summed E-state index contributed by atoms with van der Waals surface area (Å²) in [5.74, 6) is 0.829. The SMILES string of the molecule is CS(=O)(=O)N1CC(C(=O)Nc2ccc3c(c2)OCO3)C2(CCCCC2)C1. The van der Waals surface area contributed by atoms with Gasteiger partial charge in [0.2, 0.25) is 22.7 Å². The van der Waals surface area contributed by atoms with Gasteiger partial charge in [-0.05, 0) is 30.4 Å². The fourth-order valence-corrected chi connectivity index (χ4v) is 5.41. The van der Waals surface area contributed by atoms with Crippen LogP contribution in [0.4, 0.5) is 5.69 Å². The molecule has 2 fully saturated rings. The van der Waals surface area contributed by atoms with Gasteiger partial charge in [-0.3, -0.25) is 4.79 Å². The molecule has 0 bridgehead atoms. The molecule has 7 nitrogen and oxygen atoms in total. The molecule has 1 N–H and O–H groups in total. The molecule has 3 aliphatic rings. The average molecular weight is 380 g/mol. The van der Waals surface area contributed by atoms with Crippen LogP contribution < -0.4 is 14.8 Å². The molecule has 1 aromatic carbocycles. The van der Waals surface area contributed by atoms with E-state index in [1.165, 1.54) is 10.6 Å². The largest absolute Gasteiger partial charge is 0.454 e. The second-order valence-corrected chi connectivity index (χ2v) is 9.57. The number of hydrogen-bond donors (Lipinski definition) is 1. The molecule has 1 aliphatic carbocycles. The van der Waals surface area contributed by atoms with Crippen LogP contribution in [0.2, 0.25) is 0 Å². The van der Waals surface area contributed by atoms with E-state index in [9.17, 15) is 13.2 Å². The van der Waals surface area contributed by atoms with Crippen molar-refractivity contribution in [3.05, 3.63) is 18.2 Å². The molecule has 8 heteroatoms. The Hall–Kier alpha value is -1.80. The number of rotatable bonds is 3. The van der Waals surface area contributed by atoms with E-state index < -0.39 is 10.0 Å². The molecule has 4 rings (SSSR count). The highest BCUT2D eigenvalue weighted by Gasteiger charge is 2.52. The van der Waals surface area contributed by atoms with Crippen LogP contribution in [0.5, 0.6) is 11.5 Å². The number of carbonyl (C=O) groups is 1. The van der Waals surface area contributed by atoms with E-state index in [1.807, 2.05) is 0 Å². The standard InChI is InChI=1S/C18H24N2O5S/c1-26(22,23)20-10-14(18(11-20)7-3-2-4-8-18)17(21)19-13-5-6-15-16(9-13)25-12-24-15/h5-6,9,14H,2-4,7-8,10-12H2,1H3,(H,19,21). The fourth-order valence-electron chi connectivity index (χ4n) is 4.50. The van der Waals surface area contributed by atoms with Crippen LogP contribution in [-0.2, 0) is 14.8 Å². The van der Waals surface area contributed by atoms with Gasteiger partial charge in [-0.1, -0.05) is 19.3 Å². The lowest BCUT2D eigenvalue weighted by atomic mass is 9.67. The van der Waals surface area contributed by atoms with Crippen molar-refractivity contribution < 1.29 is 22.7 Å². The zero-order chi connectivity index (χ0) is 18.4. The predicted molar refractivity (Wildman–Crippen MR) is 96.6 cm³/mol. The van der Waals surface area contributed by atoms with Crippen molar-refractivity contribution in [2.75, 3.05) is 31.5 Å². The number of fused-ring (bicyclic) bond motifs is 1. The minimum absolute atomic E-state index is 0.114. The number of amides is 1. The van der Waals surface area contributed by atoms with Gasteiger partial charge in [-0.25, -0.2) is 12.7 Å². The van der Waals surface area contributed by atoms with Gasteiger partial charge in [0.15, 0.2) is 11.5 Å². The van der Waals surface area contributed by atoms with Crippen LogP contribution in [0, 0.1) is 11.3 Å². The Morgan fingerprint density at radius 3 is 2.65 bits per heavy atom. The first-order chi connectivity index (χ1) is 12.4. The van der Waals surface area contributed by atoms with Crippen molar-refractivity contribution in [1.82, 2.24) is 4.31 Å². The van der Waals surface area contributed by atoms with E-state index in [4.69, 9.17) is 9.47 Å². The molecule has 142 valence electrons. The molecule has 0 radical (unpaired) electrons. The molecule has 1 saturated carbocycles. The highest BCUT2D eigenvalue weighted by molar-refractivity contribution is 7.88. The van der Waals surface area contributed by atoms with E-state index in [2.05, 4.69) is 5.32 Å². The molecule has 1 atom stereocenters. The van der Waals surface area contributed by atoms with Crippen LogP contribution in [0.1, 0.15) is 32.1 Å². The molecule has 1 saturated heterocycles. The van der Waals surface area contributed by atoms with Crippen LogP contribution in [-0.4, -0.2) is 44.8 Å². The molecule has 1 amide bonds. The van der Waals surface area contributed by atoms with Crippen molar-refractivity contribution in [3.8, 4) is 11.5 Å². The summed E-state index contributed by atoms with van der Waals surface area (Å²) in [7, 11) is -3.31. The summed E-state index contributed by atoms with van der Waals surface area (Å²) in [6.45, 7) is 0.891. The number of nitrogens with zero attached hydrogens (tertiary/aromatic N) is 1. The Bertz CT molecular complexity index is 817. The zero-order valence-electron chi connectivity index (χ0n) is 14.9. The smallest absolute Gasteiger partial charge is 0.231 e. The van der Waals surface area contributed by atoms with Gasteiger partial charge in [0.1, 0.15) is 0 Å². The van der Waals surface area contributed by atoms with Crippen LogP contribution in [0.25, 0.3) is 0 Å². The van der Waals surface area contributed by atoms with Crippen LogP contribution >= 0.6 is 0 Å². The number of carbonyl (C=O) groups excluding carboxylic acids is 1. The molecule has 0 aromatic heterocycles. The number of benzene rings is 1. The summed E-state index contributed by atoms with van der Waals surface area (Å²) in [5, 5.41) is 2.96. The third-order valence-corrected chi connectivity index (χ3v) is 7.11. The van der Waals surface area contributed by atoms with Crippen molar-refractivity contribution >= 4 is 21.6 Å². The lowest BCUT2D eigenvalue weighted by Crippen LogP contribution is -2.39. The normalized spacial score (nSPS) is 24.7. The Morgan fingerprint density at radius 1 is 1.19 bits per heavy atom.